The summed E-state index contributed by atoms with van der Waals surface area (Å²) < 4.78 is 17.1. The number of amides is 2. The van der Waals surface area contributed by atoms with E-state index in [1.807, 2.05) is 19.1 Å². The van der Waals surface area contributed by atoms with Crippen LogP contribution in [0.1, 0.15) is 37.3 Å². The number of nitrogens with zero attached hydrogens (tertiary/aromatic N) is 2. The molecule has 2 aromatic rings. The molecule has 1 spiro atoms. The first-order chi connectivity index (χ1) is 18.0. The monoisotopic (exact) mass is 504 g/mol. The number of rotatable bonds is 5. The van der Waals surface area contributed by atoms with Crippen LogP contribution >= 0.6 is 0 Å². The molecule has 9 heteroatoms. The molecule has 0 radical (unpaired) electrons. The minimum absolute atomic E-state index is 0.0720. The highest BCUT2D eigenvalue weighted by Crippen LogP contribution is 2.54. The maximum absolute atomic E-state index is 14.4. The van der Waals surface area contributed by atoms with Crippen molar-refractivity contribution >= 4 is 29.0 Å². The molecule has 2 atom stereocenters. The Morgan fingerprint density at radius 3 is 2.59 bits per heavy atom. The molecule has 4 aliphatic heterocycles. The standard InChI is InChI=1S/C28H28N2O7/c1-2-11-29-20-8-4-3-7-19(20)28(27(29)34)23(25(32)26(33)30(28)16-18-6-5-12-35-18)24(31)17-9-10-21-22(15-17)37-14-13-36-21/h3-4,7-10,15,18,31H,2,5-6,11-14,16H2,1H3/t18-,28+/m1/s1. The first-order valence-electron chi connectivity index (χ1n) is 12.7. The molecule has 0 unspecified atom stereocenters. The van der Waals surface area contributed by atoms with E-state index < -0.39 is 28.9 Å². The molecule has 37 heavy (non-hydrogen) atoms. The molecule has 4 heterocycles. The molecule has 2 saturated heterocycles. The van der Waals surface area contributed by atoms with E-state index in [4.69, 9.17) is 14.2 Å². The fourth-order valence-corrected chi connectivity index (χ4v) is 5.89. The van der Waals surface area contributed by atoms with Gasteiger partial charge in [0.1, 0.15) is 19.0 Å². The highest BCUT2D eigenvalue weighted by Gasteiger charge is 2.67. The Kier molecular flexibility index (Phi) is 5.67. The van der Waals surface area contributed by atoms with Crippen molar-refractivity contribution in [2.45, 2.75) is 37.8 Å². The van der Waals surface area contributed by atoms with Gasteiger partial charge in [0.25, 0.3) is 17.6 Å². The van der Waals surface area contributed by atoms with Crippen LogP contribution in [-0.2, 0) is 24.7 Å². The van der Waals surface area contributed by atoms with E-state index in [1.165, 1.54) is 4.90 Å². The summed E-state index contributed by atoms with van der Waals surface area (Å²) in [6, 6.07) is 12.0. The fraction of sp³-hybridized carbons (Fsp3) is 0.393. The molecule has 2 amide bonds. The smallest absolute Gasteiger partial charge is 0.296 e. The summed E-state index contributed by atoms with van der Waals surface area (Å²) >= 11 is 0. The van der Waals surface area contributed by atoms with E-state index in [2.05, 4.69) is 0 Å². The van der Waals surface area contributed by atoms with Crippen molar-refractivity contribution in [1.29, 1.82) is 0 Å². The van der Waals surface area contributed by atoms with Gasteiger partial charge in [0, 0.05) is 30.8 Å². The lowest BCUT2D eigenvalue weighted by molar-refractivity contribution is -0.145. The Hall–Kier alpha value is -3.85. The van der Waals surface area contributed by atoms with E-state index in [9.17, 15) is 19.5 Å². The van der Waals surface area contributed by atoms with Crippen molar-refractivity contribution in [3.05, 3.63) is 59.2 Å². The molecule has 6 rings (SSSR count). The summed E-state index contributed by atoms with van der Waals surface area (Å²) in [5.41, 5.74) is -0.629. The van der Waals surface area contributed by atoms with Gasteiger partial charge in [-0.25, -0.2) is 0 Å². The van der Waals surface area contributed by atoms with Crippen molar-refractivity contribution in [1.82, 2.24) is 4.90 Å². The maximum Gasteiger partial charge on any atom is 0.296 e. The minimum atomic E-state index is -1.79. The zero-order valence-electron chi connectivity index (χ0n) is 20.6. The van der Waals surface area contributed by atoms with E-state index in [0.29, 0.717) is 55.5 Å². The van der Waals surface area contributed by atoms with Crippen molar-refractivity contribution < 1.29 is 33.7 Å². The number of Topliss-reactive ketones (excluding diaryl/α,β-unsaturated/α-hetero) is 1. The van der Waals surface area contributed by atoms with Gasteiger partial charge in [-0.05, 0) is 43.5 Å². The molecule has 4 aliphatic rings. The average Bonchev–Trinajstić information content (AvgIpc) is 3.58. The average molecular weight is 505 g/mol. The largest absolute Gasteiger partial charge is 0.507 e. The first kappa shape index (κ1) is 23.5. The zero-order chi connectivity index (χ0) is 25.7. The lowest BCUT2D eigenvalue weighted by Gasteiger charge is -2.35. The molecular weight excluding hydrogens is 476 g/mol. The van der Waals surface area contributed by atoms with Crippen LogP contribution in [0.2, 0.25) is 0 Å². The Morgan fingerprint density at radius 2 is 1.84 bits per heavy atom. The number of benzene rings is 2. The van der Waals surface area contributed by atoms with Crippen LogP contribution in [0.15, 0.2) is 48.0 Å². The predicted molar refractivity (Wildman–Crippen MR) is 133 cm³/mol. The number of likely N-dealkylation sites (tertiary alicyclic amines) is 1. The summed E-state index contributed by atoms with van der Waals surface area (Å²) in [6.07, 6.45) is 1.93. The molecule has 9 nitrogen and oxygen atoms in total. The number of fused-ring (bicyclic) bond motifs is 3. The summed E-state index contributed by atoms with van der Waals surface area (Å²) in [5, 5.41) is 11.7. The topological polar surface area (TPSA) is 106 Å². The zero-order valence-corrected chi connectivity index (χ0v) is 20.6. The second kappa shape index (κ2) is 8.92. The summed E-state index contributed by atoms with van der Waals surface area (Å²) in [7, 11) is 0. The van der Waals surface area contributed by atoms with Crippen LogP contribution in [0.4, 0.5) is 5.69 Å². The third kappa shape index (κ3) is 3.37. The third-order valence-electron chi connectivity index (χ3n) is 7.48. The normalized spacial score (nSPS) is 25.9. The predicted octanol–water partition coefficient (Wildman–Crippen LogP) is 2.97. The van der Waals surface area contributed by atoms with E-state index in [0.717, 1.165) is 12.8 Å². The Balaban J connectivity index is 1.59. The molecule has 1 N–H and O–H groups in total. The van der Waals surface area contributed by atoms with Gasteiger partial charge in [0.15, 0.2) is 17.0 Å². The van der Waals surface area contributed by atoms with E-state index in [1.54, 1.807) is 35.2 Å². The number of aliphatic hydroxyl groups is 1. The number of hydrogen-bond acceptors (Lipinski definition) is 7. The molecule has 0 aliphatic carbocycles. The molecule has 2 fully saturated rings. The van der Waals surface area contributed by atoms with Crippen LogP contribution in [-0.4, -0.2) is 66.6 Å². The summed E-state index contributed by atoms with van der Waals surface area (Å²) in [4.78, 5) is 44.6. The number of hydrogen-bond donors (Lipinski definition) is 1. The van der Waals surface area contributed by atoms with Gasteiger partial charge < -0.3 is 29.1 Å². The van der Waals surface area contributed by atoms with E-state index >= 15 is 0 Å². The number of carbonyl (C=O) groups excluding carboxylic acids is 3. The highest BCUT2D eigenvalue weighted by atomic mass is 16.6. The lowest BCUT2D eigenvalue weighted by Crippen LogP contribution is -2.53. The van der Waals surface area contributed by atoms with Gasteiger partial charge >= 0.3 is 0 Å². The molecular formula is C28H28N2O7. The van der Waals surface area contributed by atoms with E-state index in [-0.39, 0.29) is 23.8 Å². The molecule has 2 aromatic carbocycles. The minimum Gasteiger partial charge on any atom is -0.507 e. The summed E-state index contributed by atoms with van der Waals surface area (Å²) in [6.45, 7) is 3.76. The van der Waals surface area contributed by atoms with Gasteiger partial charge in [-0.1, -0.05) is 25.1 Å². The lowest BCUT2D eigenvalue weighted by atomic mass is 9.81. The van der Waals surface area contributed by atoms with Crippen molar-refractivity contribution in [2.75, 3.05) is 37.8 Å². The number of anilines is 1. The van der Waals surface area contributed by atoms with Gasteiger partial charge in [0.2, 0.25) is 0 Å². The van der Waals surface area contributed by atoms with Crippen LogP contribution < -0.4 is 14.4 Å². The Morgan fingerprint density at radius 1 is 1.05 bits per heavy atom. The van der Waals surface area contributed by atoms with Crippen molar-refractivity contribution in [3.63, 3.8) is 0 Å². The van der Waals surface area contributed by atoms with Gasteiger partial charge in [-0.2, -0.15) is 0 Å². The SMILES string of the molecule is CCCN1C(=O)[C@@]2(C(=C(O)c3ccc4c(c3)OCCO4)C(=O)C(=O)N2C[C@H]2CCCO2)c2ccccc21. The number of para-hydroxylation sites is 1. The van der Waals surface area contributed by atoms with Crippen LogP contribution in [0.25, 0.3) is 5.76 Å². The first-order valence-corrected chi connectivity index (χ1v) is 12.7. The van der Waals surface area contributed by atoms with Crippen LogP contribution in [0.3, 0.4) is 0 Å². The van der Waals surface area contributed by atoms with Gasteiger partial charge in [-0.15, -0.1) is 0 Å². The van der Waals surface area contributed by atoms with Crippen molar-refractivity contribution in [2.24, 2.45) is 0 Å². The highest BCUT2D eigenvalue weighted by molar-refractivity contribution is 6.50. The van der Waals surface area contributed by atoms with Gasteiger partial charge in [-0.3, -0.25) is 14.4 Å². The molecule has 0 bridgehead atoms. The van der Waals surface area contributed by atoms with Crippen LogP contribution in [0.5, 0.6) is 11.5 Å². The van der Waals surface area contributed by atoms with Gasteiger partial charge in [0.05, 0.1) is 17.4 Å². The second-order valence-electron chi connectivity index (χ2n) is 9.65. The maximum atomic E-state index is 14.4. The second-order valence-corrected chi connectivity index (χ2v) is 9.65. The molecule has 192 valence electrons. The van der Waals surface area contributed by atoms with Crippen molar-refractivity contribution in [3.8, 4) is 11.5 Å². The number of ether oxygens (including phenoxy) is 3. The fourth-order valence-electron chi connectivity index (χ4n) is 5.89. The quantitative estimate of drug-likeness (QED) is 0.379. The number of ketones is 1. The Labute approximate surface area is 214 Å². The number of aliphatic hydroxyl groups excluding tert-OH is 1. The third-order valence-corrected chi connectivity index (χ3v) is 7.48. The summed E-state index contributed by atoms with van der Waals surface area (Å²) in [5.74, 6) is -1.63. The number of carbonyl (C=O) groups is 3. The van der Waals surface area contributed by atoms with Crippen LogP contribution in [0, 0.1) is 0 Å². The Bertz CT molecular complexity index is 1330. The molecule has 0 saturated carbocycles. The molecule has 0 aromatic heterocycles.